The predicted molar refractivity (Wildman–Crippen MR) is 115 cm³/mol. The van der Waals surface area contributed by atoms with Crippen molar-refractivity contribution >= 4 is 11.6 Å². The van der Waals surface area contributed by atoms with E-state index in [4.69, 9.17) is 9.47 Å². The van der Waals surface area contributed by atoms with Crippen molar-refractivity contribution in [3.63, 3.8) is 0 Å². The molecule has 1 saturated heterocycles. The lowest BCUT2D eigenvalue weighted by molar-refractivity contribution is -0.118. The number of morpholine rings is 1. The zero-order valence-electron chi connectivity index (χ0n) is 17.5. The van der Waals surface area contributed by atoms with E-state index >= 15 is 0 Å². The summed E-state index contributed by atoms with van der Waals surface area (Å²) in [4.78, 5) is 15.6. The zero-order valence-corrected chi connectivity index (χ0v) is 17.5. The van der Waals surface area contributed by atoms with Gasteiger partial charge >= 0.3 is 0 Å². The molecular formula is C23H31N3O3. The summed E-state index contributed by atoms with van der Waals surface area (Å²) in [7, 11) is 1.61. The summed E-state index contributed by atoms with van der Waals surface area (Å²) in [6.07, 6.45) is 0. The first-order valence-electron chi connectivity index (χ1n) is 10.1. The fourth-order valence-electron chi connectivity index (χ4n) is 3.55. The van der Waals surface area contributed by atoms with E-state index in [1.165, 1.54) is 0 Å². The van der Waals surface area contributed by atoms with Gasteiger partial charge in [0.05, 0.1) is 20.3 Å². The summed E-state index contributed by atoms with van der Waals surface area (Å²) in [5.74, 6) is 0.614. The minimum Gasteiger partial charge on any atom is -0.497 e. The van der Waals surface area contributed by atoms with Crippen molar-refractivity contribution in [3.05, 3.63) is 60.2 Å². The van der Waals surface area contributed by atoms with E-state index in [9.17, 15) is 4.79 Å². The standard InChI is InChI=1S/C23H31N3O3/c1-23(2,26-12-14-29-15-13-26)17-24-21(18-8-5-4-6-9-18)22(27)25-19-10-7-11-20(16-19)28-3/h4-11,16,21,24H,12-15,17H2,1-3H3,(H,25,27)/t21-/m1/s1. The Hall–Kier alpha value is -2.41. The van der Waals surface area contributed by atoms with Crippen LogP contribution in [0.25, 0.3) is 0 Å². The number of benzene rings is 2. The molecule has 1 aliphatic rings. The Bertz CT molecular complexity index is 789. The number of carbonyl (C=O) groups excluding carboxylic acids is 1. The van der Waals surface area contributed by atoms with Gasteiger partial charge in [-0.1, -0.05) is 36.4 Å². The molecule has 2 N–H and O–H groups in total. The SMILES string of the molecule is COc1cccc(NC(=O)[C@H](NCC(C)(C)N2CCOCC2)c2ccccc2)c1. The van der Waals surface area contributed by atoms with Crippen LogP contribution in [0.3, 0.4) is 0 Å². The summed E-state index contributed by atoms with van der Waals surface area (Å²) in [6.45, 7) is 8.39. The van der Waals surface area contributed by atoms with Crippen molar-refractivity contribution in [2.75, 3.05) is 45.3 Å². The average Bonchev–Trinajstić information content (AvgIpc) is 2.75. The quantitative estimate of drug-likeness (QED) is 0.717. The molecule has 0 spiro atoms. The van der Waals surface area contributed by atoms with Crippen LogP contribution in [-0.2, 0) is 9.53 Å². The Labute approximate surface area is 173 Å². The Kier molecular flexibility index (Phi) is 7.25. The van der Waals surface area contributed by atoms with E-state index in [1.54, 1.807) is 7.11 Å². The lowest BCUT2D eigenvalue weighted by Gasteiger charge is -2.41. The predicted octanol–water partition coefficient (Wildman–Crippen LogP) is 3.08. The number of nitrogens with zero attached hydrogens (tertiary/aromatic N) is 1. The smallest absolute Gasteiger partial charge is 0.246 e. The van der Waals surface area contributed by atoms with Crippen molar-refractivity contribution in [1.29, 1.82) is 0 Å². The van der Waals surface area contributed by atoms with E-state index in [2.05, 4.69) is 29.4 Å². The van der Waals surface area contributed by atoms with Crippen LogP contribution in [-0.4, -0.2) is 56.3 Å². The third-order valence-electron chi connectivity index (χ3n) is 5.34. The molecule has 6 nitrogen and oxygen atoms in total. The molecule has 2 aromatic rings. The molecule has 0 saturated carbocycles. The van der Waals surface area contributed by atoms with Gasteiger partial charge in [-0.2, -0.15) is 0 Å². The van der Waals surface area contributed by atoms with Crippen LogP contribution >= 0.6 is 0 Å². The third-order valence-corrected chi connectivity index (χ3v) is 5.34. The van der Waals surface area contributed by atoms with Gasteiger partial charge in [0.1, 0.15) is 11.8 Å². The minimum atomic E-state index is -0.456. The first kappa shape index (κ1) is 21.3. The monoisotopic (exact) mass is 397 g/mol. The van der Waals surface area contributed by atoms with E-state index in [1.807, 2.05) is 54.6 Å². The molecule has 3 rings (SSSR count). The molecular weight excluding hydrogens is 366 g/mol. The molecule has 6 heteroatoms. The molecule has 0 bridgehead atoms. The Morgan fingerprint density at radius 3 is 2.55 bits per heavy atom. The molecule has 156 valence electrons. The van der Waals surface area contributed by atoms with Gasteiger partial charge in [-0.3, -0.25) is 9.69 Å². The molecule has 1 heterocycles. The van der Waals surface area contributed by atoms with E-state index < -0.39 is 6.04 Å². The van der Waals surface area contributed by atoms with Crippen LogP contribution in [0.1, 0.15) is 25.5 Å². The van der Waals surface area contributed by atoms with Gasteiger partial charge in [0.2, 0.25) is 5.91 Å². The van der Waals surface area contributed by atoms with Gasteiger partial charge in [-0.25, -0.2) is 0 Å². The van der Waals surface area contributed by atoms with Gasteiger partial charge in [0.15, 0.2) is 0 Å². The number of methoxy groups -OCH3 is 1. The normalized spacial score (nSPS) is 16.2. The topological polar surface area (TPSA) is 62.8 Å². The van der Waals surface area contributed by atoms with Crippen LogP contribution in [0.15, 0.2) is 54.6 Å². The number of carbonyl (C=O) groups is 1. The van der Waals surface area contributed by atoms with Crippen LogP contribution < -0.4 is 15.4 Å². The fraction of sp³-hybridized carbons (Fsp3) is 0.435. The van der Waals surface area contributed by atoms with Crippen molar-refractivity contribution in [2.24, 2.45) is 0 Å². The summed E-state index contributed by atoms with van der Waals surface area (Å²) in [6, 6.07) is 16.8. The summed E-state index contributed by atoms with van der Waals surface area (Å²) in [5, 5.41) is 6.51. The molecule has 1 fully saturated rings. The van der Waals surface area contributed by atoms with Gasteiger partial charge in [-0.05, 0) is 31.5 Å². The fourth-order valence-corrected chi connectivity index (χ4v) is 3.55. The molecule has 29 heavy (non-hydrogen) atoms. The maximum absolute atomic E-state index is 13.2. The molecule has 0 unspecified atom stereocenters. The van der Waals surface area contributed by atoms with Crippen LogP contribution in [0.4, 0.5) is 5.69 Å². The maximum Gasteiger partial charge on any atom is 0.246 e. The van der Waals surface area contributed by atoms with Crippen molar-refractivity contribution in [1.82, 2.24) is 10.2 Å². The third kappa shape index (κ3) is 5.79. The van der Waals surface area contributed by atoms with Crippen LogP contribution in [0.5, 0.6) is 5.75 Å². The molecule has 0 radical (unpaired) electrons. The summed E-state index contributed by atoms with van der Waals surface area (Å²) < 4.78 is 10.7. The van der Waals surface area contributed by atoms with E-state index in [0.717, 1.165) is 31.9 Å². The van der Waals surface area contributed by atoms with E-state index in [-0.39, 0.29) is 11.4 Å². The zero-order chi connectivity index (χ0) is 20.7. The number of hydrogen-bond acceptors (Lipinski definition) is 5. The van der Waals surface area contributed by atoms with E-state index in [0.29, 0.717) is 18.0 Å². The van der Waals surface area contributed by atoms with Crippen LogP contribution in [0.2, 0.25) is 0 Å². The Morgan fingerprint density at radius 1 is 1.14 bits per heavy atom. The first-order chi connectivity index (χ1) is 14.0. The van der Waals surface area contributed by atoms with Crippen LogP contribution in [0, 0.1) is 0 Å². The Morgan fingerprint density at radius 2 is 1.86 bits per heavy atom. The van der Waals surface area contributed by atoms with Crippen molar-refractivity contribution in [3.8, 4) is 5.75 Å². The highest BCUT2D eigenvalue weighted by atomic mass is 16.5. The molecule has 1 atom stereocenters. The number of hydrogen-bond donors (Lipinski definition) is 2. The summed E-state index contributed by atoms with van der Waals surface area (Å²) in [5.41, 5.74) is 1.56. The van der Waals surface area contributed by atoms with Crippen molar-refractivity contribution in [2.45, 2.75) is 25.4 Å². The first-order valence-corrected chi connectivity index (χ1v) is 10.1. The molecule has 1 amide bonds. The number of ether oxygens (including phenoxy) is 2. The second kappa shape index (κ2) is 9.87. The number of anilines is 1. The molecule has 0 aromatic heterocycles. The molecule has 1 aliphatic heterocycles. The maximum atomic E-state index is 13.2. The molecule has 2 aromatic carbocycles. The minimum absolute atomic E-state index is 0.0902. The number of amides is 1. The van der Waals surface area contributed by atoms with Crippen molar-refractivity contribution < 1.29 is 14.3 Å². The number of rotatable bonds is 8. The average molecular weight is 398 g/mol. The molecule has 0 aliphatic carbocycles. The highest BCUT2D eigenvalue weighted by molar-refractivity contribution is 5.95. The van der Waals surface area contributed by atoms with Gasteiger partial charge in [0.25, 0.3) is 0 Å². The van der Waals surface area contributed by atoms with Gasteiger partial charge in [-0.15, -0.1) is 0 Å². The highest BCUT2D eigenvalue weighted by Gasteiger charge is 2.30. The largest absolute Gasteiger partial charge is 0.497 e. The lowest BCUT2D eigenvalue weighted by atomic mass is 9.99. The Balaban J connectivity index is 1.73. The van der Waals surface area contributed by atoms with Gasteiger partial charge < -0.3 is 20.1 Å². The second-order valence-electron chi connectivity index (χ2n) is 7.86. The highest BCUT2D eigenvalue weighted by Crippen LogP contribution is 2.22. The van der Waals surface area contributed by atoms with Gasteiger partial charge in [0, 0.05) is 36.9 Å². The second-order valence-corrected chi connectivity index (χ2v) is 7.86. The summed E-state index contributed by atoms with van der Waals surface area (Å²) >= 11 is 0. The lowest BCUT2D eigenvalue weighted by Crippen LogP contribution is -2.55. The number of nitrogens with one attached hydrogen (secondary N) is 2.